The number of hydrogen-bond acceptors (Lipinski definition) is 9. The van der Waals surface area contributed by atoms with Crippen LogP contribution in [0.3, 0.4) is 0 Å². The number of phenolic OH excluding ortho intramolecular Hbond substituents is 1. The Morgan fingerprint density at radius 2 is 1.85 bits per heavy atom. The Morgan fingerprint density at radius 3 is 2.58 bits per heavy atom. The highest BCUT2D eigenvalue weighted by atomic mass is 16.7. The van der Waals surface area contributed by atoms with Crippen LogP contribution in [-0.4, -0.2) is 68.3 Å². The number of aliphatic hydroxyl groups excluding tert-OH is 4. The highest BCUT2D eigenvalue weighted by molar-refractivity contribution is 5.71. The zero-order valence-corrected chi connectivity index (χ0v) is 18.5. The molecule has 0 aromatic heterocycles. The topological polar surface area (TPSA) is 160 Å². The van der Waals surface area contributed by atoms with Crippen LogP contribution in [0.2, 0.25) is 0 Å². The Bertz CT molecular complexity index is 935. The van der Waals surface area contributed by atoms with Crippen molar-refractivity contribution in [2.24, 2.45) is 17.3 Å². The van der Waals surface area contributed by atoms with Gasteiger partial charge in [0.25, 0.3) is 0 Å². The third-order valence-corrected chi connectivity index (χ3v) is 8.80. The summed E-state index contributed by atoms with van der Waals surface area (Å²) >= 11 is 0. The van der Waals surface area contributed by atoms with E-state index in [-0.39, 0.29) is 28.9 Å². The molecule has 5 N–H and O–H groups in total. The fourth-order valence-corrected chi connectivity index (χ4v) is 6.92. The van der Waals surface area contributed by atoms with Crippen molar-refractivity contribution >= 4 is 5.97 Å². The minimum absolute atomic E-state index is 0.00822. The van der Waals surface area contributed by atoms with E-state index in [1.54, 1.807) is 12.1 Å². The third-order valence-electron chi connectivity index (χ3n) is 8.80. The van der Waals surface area contributed by atoms with Crippen LogP contribution in [0.1, 0.15) is 56.1 Å². The number of carboxylic acid groups (broad SMARTS) is 1. The van der Waals surface area contributed by atoms with Crippen molar-refractivity contribution in [3.8, 4) is 11.5 Å². The SMILES string of the molecule is C[C@]12CC[C@@H]3c4cc(O)c(O[C@@H]5O[C@H](C(=O)[O-])[C@@H](O)[C@H](O)[C@H]5O)cc4CC[C@H]3[C@@H]1CC[C@@H]2O. The van der Waals surface area contributed by atoms with Gasteiger partial charge in [0.15, 0.2) is 11.5 Å². The number of aliphatic hydroxyl groups is 4. The summed E-state index contributed by atoms with van der Waals surface area (Å²) in [6.07, 6.45) is -3.69. The van der Waals surface area contributed by atoms with E-state index in [0.29, 0.717) is 11.8 Å². The molecule has 9 heteroatoms. The molecular weight excluding hydrogens is 432 g/mol. The van der Waals surface area contributed by atoms with Crippen LogP contribution >= 0.6 is 0 Å². The number of aryl methyl sites for hydroxylation is 1. The lowest BCUT2D eigenvalue weighted by Crippen LogP contribution is -2.63. The van der Waals surface area contributed by atoms with Crippen molar-refractivity contribution in [2.45, 2.75) is 88.2 Å². The second-order valence-corrected chi connectivity index (χ2v) is 10.4. The van der Waals surface area contributed by atoms with Crippen molar-refractivity contribution in [3.05, 3.63) is 23.3 Å². The van der Waals surface area contributed by atoms with Crippen molar-refractivity contribution in [1.29, 1.82) is 0 Å². The Kier molecular flexibility index (Phi) is 5.61. The summed E-state index contributed by atoms with van der Waals surface area (Å²) in [4.78, 5) is 11.2. The van der Waals surface area contributed by atoms with Gasteiger partial charge in [-0.15, -0.1) is 0 Å². The first-order chi connectivity index (χ1) is 15.6. The quantitative estimate of drug-likeness (QED) is 0.400. The smallest absolute Gasteiger partial charge is 0.229 e. The Labute approximate surface area is 191 Å². The zero-order chi connectivity index (χ0) is 23.7. The summed E-state index contributed by atoms with van der Waals surface area (Å²) in [6, 6.07) is 3.35. The van der Waals surface area contributed by atoms with Crippen LogP contribution in [0.4, 0.5) is 0 Å². The number of ether oxygens (including phenoxy) is 2. The molecule has 1 aromatic carbocycles. The highest BCUT2D eigenvalue weighted by Gasteiger charge is 2.54. The number of aliphatic carboxylic acids is 1. The maximum atomic E-state index is 11.2. The number of rotatable bonds is 3. The number of carbonyl (C=O) groups excluding carboxylic acids is 1. The summed E-state index contributed by atoms with van der Waals surface area (Å²) in [5.74, 6) is -0.720. The van der Waals surface area contributed by atoms with Gasteiger partial charge in [0.2, 0.25) is 6.29 Å². The molecule has 0 amide bonds. The maximum Gasteiger partial charge on any atom is 0.229 e. The molecule has 0 unspecified atom stereocenters. The first-order valence-corrected chi connectivity index (χ1v) is 11.7. The van der Waals surface area contributed by atoms with E-state index < -0.39 is 36.7 Å². The molecule has 2 saturated carbocycles. The molecule has 0 spiro atoms. The number of phenols is 1. The van der Waals surface area contributed by atoms with E-state index in [0.717, 1.165) is 49.7 Å². The molecule has 4 aliphatic rings. The zero-order valence-electron chi connectivity index (χ0n) is 18.5. The fraction of sp³-hybridized carbons (Fsp3) is 0.708. The second kappa shape index (κ2) is 8.09. The molecule has 0 radical (unpaired) electrons. The molecular formula is C24H31O9-. The summed E-state index contributed by atoms with van der Waals surface area (Å²) < 4.78 is 10.7. The van der Waals surface area contributed by atoms with Crippen LogP contribution in [0.15, 0.2) is 12.1 Å². The molecule has 1 aromatic rings. The molecule has 3 aliphatic carbocycles. The molecule has 1 aliphatic heterocycles. The van der Waals surface area contributed by atoms with Crippen LogP contribution in [0.5, 0.6) is 11.5 Å². The van der Waals surface area contributed by atoms with Gasteiger partial charge in [0.1, 0.15) is 24.4 Å². The van der Waals surface area contributed by atoms with Crippen molar-refractivity contribution in [1.82, 2.24) is 0 Å². The van der Waals surface area contributed by atoms with Crippen molar-refractivity contribution in [3.63, 3.8) is 0 Å². The van der Waals surface area contributed by atoms with Crippen LogP contribution in [0, 0.1) is 17.3 Å². The predicted octanol–water partition coefficient (Wildman–Crippen LogP) is -0.455. The first-order valence-electron chi connectivity index (χ1n) is 11.7. The Morgan fingerprint density at radius 1 is 1.09 bits per heavy atom. The van der Waals surface area contributed by atoms with Gasteiger partial charge in [-0.25, -0.2) is 0 Å². The fourth-order valence-electron chi connectivity index (χ4n) is 6.92. The number of hydrogen-bond donors (Lipinski definition) is 5. The largest absolute Gasteiger partial charge is 0.547 e. The molecule has 9 nitrogen and oxygen atoms in total. The van der Waals surface area contributed by atoms with Crippen LogP contribution < -0.4 is 9.84 Å². The van der Waals surface area contributed by atoms with Gasteiger partial charge >= 0.3 is 0 Å². The van der Waals surface area contributed by atoms with E-state index in [1.165, 1.54) is 0 Å². The standard InChI is InChI=1S/C24H32O9/c1-24-7-6-11-12(14(24)4-5-17(24)26)3-2-10-8-16(15(25)9-13(10)11)32-23-20(29)18(27)19(28)21(33-23)22(30)31/h8-9,11-12,14,17-21,23,25-29H,2-7H2,1H3,(H,30,31)/p-1/t11-,12+,14-,17-,18-,19-,20+,21-,23+,24-/m0/s1. The lowest BCUT2D eigenvalue weighted by atomic mass is 9.55. The average molecular weight is 464 g/mol. The molecule has 10 atom stereocenters. The second-order valence-electron chi connectivity index (χ2n) is 10.4. The number of carboxylic acids is 1. The van der Waals surface area contributed by atoms with Gasteiger partial charge < -0.3 is 44.9 Å². The summed E-state index contributed by atoms with van der Waals surface area (Å²) in [5, 5.41) is 62.5. The number of carbonyl (C=O) groups is 1. The molecule has 1 saturated heterocycles. The van der Waals surface area contributed by atoms with E-state index >= 15 is 0 Å². The van der Waals surface area contributed by atoms with Gasteiger partial charge in [0.05, 0.1) is 12.1 Å². The normalized spacial score (nSPS) is 44.5. The Hall–Kier alpha value is -1.91. The van der Waals surface area contributed by atoms with E-state index in [2.05, 4.69) is 6.92 Å². The van der Waals surface area contributed by atoms with Crippen molar-refractivity contribution in [2.75, 3.05) is 0 Å². The maximum absolute atomic E-state index is 11.2. The molecule has 182 valence electrons. The number of benzene rings is 1. The lowest BCUT2D eigenvalue weighted by molar-refractivity contribution is -0.342. The summed E-state index contributed by atoms with van der Waals surface area (Å²) in [7, 11) is 0. The summed E-state index contributed by atoms with van der Waals surface area (Å²) in [5.41, 5.74) is 2.03. The lowest BCUT2D eigenvalue weighted by Gasteiger charge is -2.50. The minimum Gasteiger partial charge on any atom is -0.547 e. The molecule has 1 heterocycles. The molecule has 5 rings (SSSR count). The first kappa shape index (κ1) is 22.9. The number of aromatic hydroxyl groups is 1. The Balaban J connectivity index is 1.39. The average Bonchev–Trinajstić information content (AvgIpc) is 3.08. The van der Waals surface area contributed by atoms with E-state index in [9.17, 15) is 35.4 Å². The molecule has 33 heavy (non-hydrogen) atoms. The monoisotopic (exact) mass is 463 g/mol. The summed E-state index contributed by atoms with van der Waals surface area (Å²) in [6.45, 7) is 2.20. The van der Waals surface area contributed by atoms with Crippen LogP contribution in [0.25, 0.3) is 0 Å². The van der Waals surface area contributed by atoms with Crippen molar-refractivity contribution < 1.29 is 44.9 Å². The van der Waals surface area contributed by atoms with Gasteiger partial charge in [-0.2, -0.15) is 0 Å². The number of fused-ring (bicyclic) bond motifs is 5. The van der Waals surface area contributed by atoms with Gasteiger partial charge in [-0.05, 0) is 85.0 Å². The molecule has 3 fully saturated rings. The third kappa shape index (κ3) is 3.52. The predicted molar refractivity (Wildman–Crippen MR) is 111 cm³/mol. The van der Waals surface area contributed by atoms with Gasteiger partial charge in [-0.3, -0.25) is 0 Å². The van der Waals surface area contributed by atoms with Gasteiger partial charge in [0, 0.05) is 0 Å². The van der Waals surface area contributed by atoms with Crippen LogP contribution in [-0.2, 0) is 16.0 Å². The van der Waals surface area contributed by atoms with E-state index in [1.807, 2.05) is 0 Å². The highest BCUT2D eigenvalue weighted by Crippen LogP contribution is 2.61. The van der Waals surface area contributed by atoms with E-state index in [4.69, 9.17) is 9.47 Å². The minimum atomic E-state index is -1.88. The molecule has 0 bridgehead atoms. The van der Waals surface area contributed by atoms with Gasteiger partial charge in [-0.1, -0.05) is 6.92 Å².